The molecular weight excluding hydrogens is 566 g/mol. The summed E-state index contributed by atoms with van der Waals surface area (Å²) in [4.78, 5) is 16.0. The molecule has 0 aromatic heterocycles. The van der Waals surface area contributed by atoms with Crippen LogP contribution in [-0.2, 0) is 14.3 Å². The first-order chi connectivity index (χ1) is 19.0. The van der Waals surface area contributed by atoms with E-state index in [9.17, 15) is 22.4 Å². The van der Waals surface area contributed by atoms with Gasteiger partial charge >= 0.3 is 0 Å². The highest BCUT2D eigenvalue weighted by molar-refractivity contribution is 7.98. The number of likely N-dealkylation sites (tertiary alicyclic amines) is 1. The van der Waals surface area contributed by atoms with E-state index < -0.39 is 23.4 Å². The van der Waals surface area contributed by atoms with Crippen LogP contribution in [0.5, 0.6) is 0 Å². The first-order valence-corrected chi connectivity index (χ1v) is 15.3. The lowest BCUT2D eigenvalue weighted by Crippen LogP contribution is -2.50. The fourth-order valence-electron chi connectivity index (χ4n) is 5.07. The van der Waals surface area contributed by atoms with Gasteiger partial charge in [0.1, 0.15) is 12.0 Å². The number of amides is 1. The molecule has 0 saturated carbocycles. The van der Waals surface area contributed by atoms with E-state index in [2.05, 4.69) is 4.72 Å². The van der Waals surface area contributed by atoms with Crippen molar-refractivity contribution in [2.75, 3.05) is 59.7 Å². The number of hydrogen-bond donors (Lipinski definition) is 1. The number of carbonyl (C=O) groups is 1. The number of carbonyl (C=O) groups excluding carboxylic acids is 1. The Balaban J connectivity index is 0.000000350. The predicted molar refractivity (Wildman–Crippen MR) is 151 cm³/mol. The van der Waals surface area contributed by atoms with Crippen LogP contribution in [-0.4, -0.2) is 88.4 Å². The van der Waals surface area contributed by atoms with Gasteiger partial charge in [-0.05, 0) is 61.0 Å². The van der Waals surface area contributed by atoms with Gasteiger partial charge in [-0.25, -0.2) is 17.6 Å². The Bertz CT molecular complexity index is 1140. The molecule has 40 heavy (non-hydrogen) atoms. The fourth-order valence-corrected chi connectivity index (χ4v) is 6.20. The van der Waals surface area contributed by atoms with Crippen molar-refractivity contribution in [2.24, 2.45) is 0 Å². The Labute approximate surface area is 241 Å². The number of nitrogens with one attached hydrogen (secondary N) is 1. The number of rotatable bonds is 9. The number of ether oxygens (including phenoxy) is 2. The van der Waals surface area contributed by atoms with Crippen molar-refractivity contribution in [1.29, 1.82) is 0 Å². The zero-order valence-electron chi connectivity index (χ0n) is 22.9. The standard InChI is InChI=1S/C21H28F3N3O3S.C7H7FS/c1-27(2,6-3-5-26-11-14(22)12-26)19-17(23)8-16(9-18(19)24)31-25-20(28)21-10-15(29-13-21)4-7-30-21;1-9-7-4-2-6(8)3-5-7/h8-9,14-15H,3-7,10-13H2,1-2H3;2-5H,1H3/p+1. The molecule has 0 radical (unpaired) electrons. The van der Waals surface area contributed by atoms with Gasteiger partial charge in [-0.3, -0.25) is 18.9 Å². The van der Waals surface area contributed by atoms with Gasteiger partial charge in [0.2, 0.25) is 5.69 Å². The van der Waals surface area contributed by atoms with Gasteiger partial charge in [0.15, 0.2) is 17.2 Å². The van der Waals surface area contributed by atoms with Gasteiger partial charge in [0.05, 0.1) is 40.0 Å². The van der Waals surface area contributed by atoms with E-state index >= 15 is 0 Å². The van der Waals surface area contributed by atoms with Crippen LogP contribution in [0, 0.1) is 17.5 Å². The molecule has 3 aliphatic heterocycles. The van der Waals surface area contributed by atoms with E-state index in [0.717, 1.165) is 23.3 Å². The van der Waals surface area contributed by atoms with Gasteiger partial charge < -0.3 is 9.47 Å². The van der Waals surface area contributed by atoms with Gasteiger partial charge in [-0.2, -0.15) is 0 Å². The van der Waals surface area contributed by atoms with Gasteiger partial charge in [-0.15, -0.1) is 11.8 Å². The lowest BCUT2D eigenvalue weighted by molar-refractivity contribution is -0.146. The van der Waals surface area contributed by atoms with E-state index in [1.807, 2.05) is 11.2 Å². The van der Waals surface area contributed by atoms with Crippen LogP contribution >= 0.6 is 23.7 Å². The van der Waals surface area contributed by atoms with E-state index in [1.165, 1.54) is 24.3 Å². The number of fused-ring (bicyclic) bond motifs is 2. The molecule has 2 bridgehead atoms. The van der Waals surface area contributed by atoms with Crippen LogP contribution in [0.15, 0.2) is 46.2 Å². The van der Waals surface area contributed by atoms with Gasteiger partial charge in [0.25, 0.3) is 5.91 Å². The molecular formula is C28H36F4N3O3S2+. The summed E-state index contributed by atoms with van der Waals surface area (Å²) in [5.41, 5.74) is -1.03. The highest BCUT2D eigenvalue weighted by Crippen LogP contribution is 2.36. The van der Waals surface area contributed by atoms with Crippen molar-refractivity contribution in [2.45, 2.75) is 46.9 Å². The number of benzene rings is 2. The Morgan fingerprint density at radius 3 is 2.42 bits per heavy atom. The Hall–Kier alpha value is -1.83. The van der Waals surface area contributed by atoms with Crippen molar-refractivity contribution < 1.29 is 31.8 Å². The molecule has 2 aromatic rings. The summed E-state index contributed by atoms with van der Waals surface area (Å²) in [5.74, 6) is -1.84. The van der Waals surface area contributed by atoms with Gasteiger partial charge in [-0.1, -0.05) is 0 Å². The van der Waals surface area contributed by atoms with Crippen LogP contribution in [0.1, 0.15) is 19.3 Å². The van der Waals surface area contributed by atoms with Crippen molar-refractivity contribution in [3.8, 4) is 0 Å². The zero-order valence-corrected chi connectivity index (χ0v) is 24.6. The monoisotopic (exact) mass is 602 g/mol. The molecule has 3 heterocycles. The average molecular weight is 603 g/mol. The third-order valence-electron chi connectivity index (χ3n) is 7.35. The number of thioether (sulfide) groups is 1. The molecule has 1 amide bonds. The molecule has 6 nitrogen and oxygen atoms in total. The third kappa shape index (κ3) is 7.71. The summed E-state index contributed by atoms with van der Waals surface area (Å²) < 4.78 is 68.8. The summed E-state index contributed by atoms with van der Waals surface area (Å²) >= 11 is 2.48. The molecule has 3 fully saturated rings. The second kappa shape index (κ2) is 13.4. The van der Waals surface area contributed by atoms with Crippen LogP contribution in [0.2, 0.25) is 0 Å². The first kappa shape index (κ1) is 31.1. The van der Waals surface area contributed by atoms with E-state index in [-0.39, 0.29) is 39.5 Å². The maximum absolute atomic E-state index is 14.9. The minimum Gasteiger partial charge on any atom is -0.374 e. The summed E-state index contributed by atoms with van der Waals surface area (Å²) in [6.45, 7) is 2.76. The predicted octanol–water partition coefficient (Wildman–Crippen LogP) is 5.19. The molecule has 1 N–H and O–H groups in total. The smallest absolute Gasteiger partial charge is 0.264 e. The molecule has 2 atom stereocenters. The second-order valence-corrected chi connectivity index (χ2v) is 12.6. The van der Waals surface area contributed by atoms with Crippen molar-refractivity contribution in [1.82, 2.24) is 14.1 Å². The maximum atomic E-state index is 14.9. The minimum atomic E-state index is -1.01. The number of nitrogens with zero attached hydrogens (tertiary/aromatic N) is 2. The highest BCUT2D eigenvalue weighted by Gasteiger charge is 2.50. The summed E-state index contributed by atoms with van der Waals surface area (Å²) in [6, 6.07) is 8.93. The summed E-state index contributed by atoms with van der Waals surface area (Å²) in [7, 11) is 3.50. The van der Waals surface area contributed by atoms with E-state index in [1.54, 1.807) is 38.0 Å². The van der Waals surface area contributed by atoms with Crippen molar-refractivity contribution in [3.05, 3.63) is 53.8 Å². The molecule has 0 spiro atoms. The molecule has 2 unspecified atom stereocenters. The quantitative estimate of drug-likeness (QED) is 0.185. The molecule has 12 heteroatoms. The normalized spacial score (nSPS) is 22.8. The SMILES string of the molecule is CSc1ccc(F)cc1.C[N+](C)(CCCN1CC(F)C1)c1c(F)cc(SNC(=O)C23COC(CCO2)C3)cc1F. The maximum Gasteiger partial charge on any atom is 0.264 e. The minimum absolute atomic E-state index is 0.0242. The molecule has 220 valence electrons. The average Bonchev–Trinajstić information content (AvgIpc) is 3.20. The number of halogens is 4. The number of hydrogen-bond acceptors (Lipinski definition) is 6. The molecule has 0 aliphatic carbocycles. The van der Waals surface area contributed by atoms with E-state index in [0.29, 0.717) is 45.6 Å². The highest BCUT2D eigenvalue weighted by atomic mass is 32.2. The third-order valence-corrected chi connectivity index (χ3v) is 8.85. The first-order valence-electron chi connectivity index (χ1n) is 13.2. The lowest BCUT2D eigenvalue weighted by Gasteiger charge is -2.36. The van der Waals surface area contributed by atoms with Crippen molar-refractivity contribution >= 4 is 35.3 Å². The van der Waals surface area contributed by atoms with Crippen LogP contribution < -0.4 is 9.21 Å². The Morgan fingerprint density at radius 1 is 1.12 bits per heavy atom. The van der Waals surface area contributed by atoms with Crippen LogP contribution in [0.3, 0.4) is 0 Å². The summed E-state index contributed by atoms with van der Waals surface area (Å²) in [5, 5.41) is 0. The lowest BCUT2D eigenvalue weighted by atomic mass is 9.95. The molecule has 5 rings (SSSR count). The Kier molecular flexibility index (Phi) is 10.4. The molecule has 2 aromatic carbocycles. The van der Waals surface area contributed by atoms with Crippen LogP contribution in [0.25, 0.3) is 0 Å². The number of alkyl halides is 1. The topological polar surface area (TPSA) is 50.8 Å². The molecule has 3 saturated heterocycles. The molecule has 3 aliphatic rings. The largest absolute Gasteiger partial charge is 0.374 e. The zero-order chi connectivity index (χ0) is 28.9. The second-order valence-electron chi connectivity index (χ2n) is 10.8. The van der Waals surface area contributed by atoms with Crippen molar-refractivity contribution in [3.63, 3.8) is 0 Å². The van der Waals surface area contributed by atoms with E-state index in [4.69, 9.17) is 9.47 Å². The van der Waals surface area contributed by atoms with Gasteiger partial charge in [0, 0.05) is 42.3 Å². The fraction of sp³-hybridized carbons (Fsp3) is 0.536. The number of quaternary nitrogens is 1. The summed E-state index contributed by atoms with van der Waals surface area (Å²) in [6.07, 6.45) is 3.20. The Morgan fingerprint density at radius 2 is 1.80 bits per heavy atom. The van der Waals surface area contributed by atoms with Crippen LogP contribution in [0.4, 0.5) is 23.2 Å².